The van der Waals surface area contributed by atoms with Gasteiger partial charge < -0.3 is 11.1 Å². The molecule has 3 rings (SSSR count). The second-order valence-corrected chi connectivity index (χ2v) is 8.68. The Morgan fingerprint density at radius 1 is 1.27 bits per heavy atom. The summed E-state index contributed by atoms with van der Waals surface area (Å²) < 4.78 is 2.05. The van der Waals surface area contributed by atoms with Crippen LogP contribution in [0.2, 0.25) is 0 Å². The van der Waals surface area contributed by atoms with Crippen LogP contribution in [-0.2, 0) is 17.8 Å². The zero-order valence-electron chi connectivity index (χ0n) is 16.6. The van der Waals surface area contributed by atoms with Crippen molar-refractivity contribution < 1.29 is 4.79 Å². The normalized spacial score (nSPS) is 27.9. The van der Waals surface area contributed by atoms with Crippen LogP contribution in [0, 0.1) is 31.6 Å². The van der Waals surface area contributed by atoms with Gasteiger partial charge in [0, 0.05) is 29.9 Å². The maximum atomic E-state index is 12.7. The lowest BCUT2D eigenvalue weighted by atomic mass is 9.67. The number of nitrogens with zero attached hydrogens (tertiary/aromatic N) is 2. The van der Waals surface area contributed by atoms with Crippen LogP contribution in [0.25, 0.3) is 0 Å². The van der Waals surface area contributed by atoms with Gasteiger partial charge in [0.2, 0.25) is 5.91 Å². The van der Waals surface area contributed by atoms with Gasteiger partial charge in [-0.05, 0) is 57.3 Å². The summed E-state index contributed by atoms with van der Waals surface area (Å²) in [6.07, 6.45) is 6.27. The second-order valence-electron chi connectivity index (χ2n) is 8.68. The van der Waals surface area contributed by atoms with Gasteiger partial charge in [-0.15, -0.1) is 12.4 Å². The summed E-state index contributed by atoms with van der Waals surface area (Å²) in [6.45, 7) is 9.38. The van der Waals surface area contributed by atoms with Gasteiger partial charge in [0.05, 0.1) is 12.1 Å². The van der Waals surface area contributed by atoms with E-state index in [4.69, 9.17) is 5.73 Å². The summed E-state index contributed by atoms with van der Waals surface area (Å²) >= 11 is 0. The molecular weight excluding hydrogens is 348 g/mol. The molecule has 2 atom stereocenters. The predicted molar refractivity (Wildman–Crippen MR) is 107 cm³/mol. The maximum absolute atomic E-state index is 12.7. The number of rotatable bonds is 5. The lowest BCUT2D eigenvalue weighted by Gasteiger charge is -2.45. The van der Waals surface area contributed by atoms with Crippen LogP contribution >= 0.6 is 12.4 Å². The fourth-order valence-electron chi connectivity index (χ4n) is 4.94. The SMILES string of the molecule is Cc1nn(CC(C)C)c(C)c1CC(=O)NC1C2CCCC1CC(N)C2.Cl. The number of fused-ring (bicyclic) bond motifs is 2. The lowest BCUT2D eigenvalue weighted by molar-refractivity contribution is -0.122. The van der Waals surface area contributed by atoms with Gasteiger partial charge in [-0.2, -0.15) is 5.10 Å². The van der Waals surface area contributed by atoms with Gasteiger partial charge in [-0.3, -0.25) is 9.48 Å². The number of nitrogens with two attached hydrogens (primary N) is 1. The van der Waals surface area contributed by atoms with Crippen molar-refractivity contribution in [1.29, 1.82) is 0 Å². The van der Waals surface area contributed by atoms with E-state index in [0.717, 1.165) is 36.3 Å². The molecule has 5 nitrogen and oxygen atoms in total. The zero-order chi connectivity index (χ0) is 18.1. The summed E-state index contributed by atoms with van der Waals surface area (Å²) in [4.78, 5) is 12.7. The molecule has 3 N–H and O–H groups in total. The molecule has 148 valence electrons. The van der Waals surface area contributed by atoms with Gasteiger partial charge >= 0.3 is 0 Å². The Labute approximate surface area is 163 Å². The highest BCUT2D eigenvalue weighted by atomic mass is 35.5. The molecule has 6 heteroatoms. The van der Waals surface area contributed by atoms with Crippen molar-refractivity contribution in [1.82, 2.24) is 15.1 Å². The minimum atomic E-state index is 0. The molecule has 2 fully saturated rings. The molecule has 1 amide bonds. The number of amides is 1. The molecule has 26 heavy (non-hydrogen) atoms. The van der Waals surface area contributed by atoms with Crippen molar-refractivity contribution in [3.63, 3.8) is 0 Å². The summed E-state index contributed by atoms with van der Waals surface area (Å²) in [5.41, 5.74) is 9.41. The summed E-state index contributed by atoms with van der Waals surface area (Å²) in [5.74, 6) is 1.83. The highest BCUT2D eigenvalue weighted by Gasteiger charge is 2.39. The molecule has 2 bridgehead atoms. The molecular formula is C20H35ClN4O. The Morgan fingerprint density at radius 2 is 1.88 bits per heavy atom. The molecule has 2 unspecified atom stereocenters. The Bertz CT molecular complexity index is 614. The fraction of sp³-hybridized carbons (Fsp3) is 0.800. The molecule has 1 aromatic rings. The second kappa shape index (κ2) is 8.75. The van der Waals surface area contributed by atoms with Gasteiger partial charge in [-0.25, -0.2) is 0 Å². The van der Waals surface area contributed by atoms with E-state index in [1.54, 1.807) is 0 Å². The van der Waals surface area contributed by atoms with Crippen LogP contribution in [0.3, 0.4) is 0 Å². The van der Waals surface area contributed by atoms with Gasteiger partial charge in [0.25, 0.3) is 0 Å². The van der Waals surface area contributed by atoms with E-state index in [1.807, 2.05) is 6.92 Å². The van der Waals surface area contributed by atoms with E-state index < -0.39 is 0 Å². The molecule has 0 aliphatic heterocycles. The Hall–Kier alpha value is -1.07. The number of carbonyl (C=O) groups is 1. The number of carbonyl (C=O) groups excluding carboxylic acids is 1. The van der Waals surface area contributed by atoms with Crippen LogP contribution in [0.5, 0.6) is 0 Å². The van der Waals surface area contributed by atoms with Crippen molar-refractivity contribution in [2.45, 2.75) is 84.8 Å². The minimum absolute atomic E-state index is 0. The van der Waals surface area contributed by atoms with Gasteiger partial charge in [0.15, 0.2) is 0 Å². The zero-order valence-corrected chi connectivity index (χ0v) is 17.4. The molecule has 2 saturated carbocycles. The minimum Gasteiger partial charge on any atom is -0.353 e. The number of aromatic nitrogens is 2. The summed E-state index contributed by atoms with van der Waals surface area (Å²) in [5, 5.41) is 8.00. The molecule has 1 aromatic heterocycles. The number of nitrogens with one attached hydrogen (secondary N) is 1. The van der Waals surface area contributed by atoms with Gasteiger partial charge in [0.1, 0.15) is 0 Å². The third-order valence-electron chi connectivity index (χ3n) is 6.11. The molecule has 2 aliphatic rings. The van der Waals surface area contributed by atoms with Crippen molar-refractivity contribution in [2.75, 3.05) is 0 Å². The van der Waals surface area contributed by atoms with Crippen LogP contribution in [0.1, 0.15) is 62.9 Å². The largest absolute Gasteiger partial charge is 0.353 e. The third kappa shape index (κ3) is 4.61. The topological polar surface area (TPSA) is 72.9 Å². The number of aryl methyl sites for hydroxylation is 1. The van der Waals surface area contributed by atoms with E-state index in [0.29, 0.717) is 36.3 Å². The smallest absolute Gasteiger partial charge is 0.224 e. The van der Waals surface area contributed by atoms with E-state index in [9.17, 15) is 4.79 Å². The van der Waals surface area contributed by atoms with E-state index >= 15 is 0 Å². The van der Waals surface area contributed by atoms with Crippen molar-refractivity contribution in [2.24, 2.45) is 23.5 Å². The van der Waals surface area contributed by atoms with Crippen LogP contribution in [0.4, 0.5) is 0 Å². The number of halogens is 1. The molecule has 0 aromatic carbocycles. The first-order valence-electron chi connectivity index (χ1n) is 9.93. The van der Waals surface area contributed by atoms with Crippen molar-refractivity contribution in [3.05, 3.63) is 17.0 Å². The van der Waals surface area contributed by atoms with E-state index in [2.05, 4.69) is 35.9 Å². The lowest BCUT2D eigenvalue weighted by Crippen LogP contribution is -2.54. The molecule has 0 spiro atoms. The quantitative estimate of drug-likeness (QED) is 0.821. The Kier molecular flexibility index (Phi) is 7.14. The van der Waals surface area contributed by atoms with Crippen molar-refractivity contribution in [3.8, 4) is 0 Å². The first-order chi connectivity index (χ1) is 11.8. The Balaban J connectivity index is 0.00000243. The van der Waals surface area contributed by atoms with Crippen LogP contribution < -0.4 is 11.1 Å². The number of hydrogen-bond acceptors (Lipinski definition) is 3. The highest BCUT2D eigenvalue weighted by Crippen LogP contribution is 2.39. The number of hydrogen-bond donors (Lipinski definition) is 2. The average molecular weight is 383 g/mol. The third-order valence-corrected chi connectivity index (χ3v) is 6.11. The molecule has 2 aliphatic carbocycles. The summed E-state index contributed by atoms with van der Waals surface area (Å²) in [7, 11) is 0. The van der Waals surface area contributed by atoms with E-state index in [-0.39, 0.29) is 18.3 Å². The monoisotopic (exact) mass is 382 g/mol. The predicted octanol–water partition coefficient (Wildman–Crippen LogP) is 3.14. The first kappa shape index (κ1) is 21.2. The molecule has 1 heterocycles. The fourth-order valence-corrected chi connectivity index (χ4v) is 4.94. The summed E-state index contributed by atoms with van der Waals surface area (Å²) in [6, 6.07) is 0.648. The Morgan fingerprint density at radius 3 is 2.46 bits per heavy atom. The van der Waals surface area contributed by atoms with Crippen molar-refractivity contribution >= 4 is 18.3 Å². The molecule has 0 saturated heterocycles. The van der Waals surface area contributed by atoms with Crippen LogP contribution in [-0.4, -0.2) is 27.8 Å². The molecule has 0 radical (unpaired) electrons. The standard InChI is InChI=1S/C20H34N4O.ClH/c1-12(2)11-24-14(4)18(13(3)23-24)10-19(25)22-20-15-6-5-7-16(20)9-17(21)8-15;/h12,15-17,20H,5-11,21H2,1-4H3,(H,22,25);1H. The first-order valence-corrected chi connectivity index (χ1v) is 9.93. The van der Waals surface area contributed by atoms with Crippen LogP contribution in [0.15, 0.2) is 0 Å². The average Bonchev–Trinajstić information content (AvgIpc) is 2.75. The van der Waals surface area contributed by atoms with Gasteiger partial charge in [-0.1, -0.05) is 20.3 Å². The highest BCUT2D eigenvalue weighted by molar-refractivity contribution is 5.85. The van der Waals surface area contributed by atoms with E-state index in [1.165, 1.54) is 19.3 Å². The maximum Gasteiger partial charge on any atom is 0.224 e.